The van der Waals surface area contributed by atoms with Crippen LogP contribution in [0.2, 0.25) is 5.02 Å². The molecule has 5 nitrogen and oxygen atoms in total. The minimum atomic E-state index is -0.576. The second kappa shape index (κ2) is 9.76. The summed E-state index contributed by atoms with van der Waals surface area (Å²) >= 11 is 6.06. The molecule has 1 amide bonds. The number of hydrogen-bond donors (Lipinski definition) is 1. The molecule has 0 saturated heterocycles. The van der Waals surface area contributed by atoms with Crippen molar-refractivity contribution in [2.24, 2.45) is 0 Å². The molecule has 0 atom stereocenters. The van der Waals surface area contributed by atoms with Crippen LogP contribution in [0.3, 0.4) is 0 Å². The Morgan fingerprint density at radius 1 is 0.933 bits per heavy atom. The molecule has 0 aromatic heterocycles. The Morgan fingerprint density at radius 2 is 1.63 bits per heavy atom. The van der Waals surface area contributed by atoms with E-state index >= 15 is 0 Å². The Morgan fingerprint density at radius 3 is 2.27 bits per heavy atom. The summed E-state index contributed by atoms with van der Waals surface area (Å²) in [5, 5.41) is 3.08. The fourth-order valence-electron chi connectivity index (χ4n) is 2.83. The molecule has 0 aliphatic carbocycles. The van der Waals surface area contributed by atoms with E-state index in [0.717, 1.165) is 16.9 Å². The molecule has 0 saturated carbocycles. The third kappa shape index (κ3) is 5.07. The van der Waals surface area contributed by atoms with Crippen LogP contribution in [0.4, 0.5) is 5.69 Å². The average molecular weight is 422 g/mol. The molecular weight excluding hydrogens is 402 g/mol. The number of carbonyl (C=O) groups is 2. The van der Waals surface area contributed by atoms with E-state index in [4.69, 9.17) is 21.1 Å². The van der Waals surface area contributed by atoms with E-state index in [0.29, 0.717) is 11.3 Å². The topological polar surface area (TPSA) is 64.6 Å². The molecule has 6 heteroatoms. The predicted octanol–water partition coefficient (Wildman–Crippen LogP) is 5.31. The number of anilines is 1. The van der Waals surface area contributed by atoms with Crippen molar-refractivity contribution in [1.82, 2.24) is 0 Å². The molecule has 1 N–H and O–H groups in total. The van der Waals surface area contributed by atoms with Gasteiger partial charge in [0.15, 0.2) is 0 Å². The average Bonchev–Trinajstić information content (AvgIpc) is 2.79. The molecule has 0 spiro atoms. The normalized spacial score (nSPS) is 11.0. The zero-order chi connectivity index (χ0) is 21.5. The van der Waals surface area contributed by atoms with E-state index in [1.165, 1.54) is 13.2 Å². The van der Waals surface area contributed by atoms with Gasteiger partial charge < -0.3 is 14.8 Å². The first-order valence-corrected chi connectivity index (χ1v) is 9.50. The molecule has 0 heterocycles. The van der Waals surface area contributed by atoms with Gasteiger partial charge in [-0.15, -0.1) is 0 Å². The van der Waals surface area contributed by atoms with Crippen molar-refractivity contribution in [2.75, 3.05) is 19.5 Å². The summed E-state index contributed by atoms with van der Waals surface area (Å²) in [5.41, 5.74) is 2.68. The molecule has 30 heavy (non-hydrogen) atoms. The van der Waals surface area contributed by atoms with Gasteiger partial charge in [0.05, 0.1) is 24.8 Å². The van der Waals surface area contributed by atoms with Crippen LogP contribution in [0.15, 0.2) is 72.8 Å². The SMILES string of the molecule is COC(=O)c1cc(NC(=O)/C(=C/c2ccc(OC)cc2)c2ccccc2)ccc1Cl. The third-order valence-electron chi connectivity index (χ3n) is 4.39. The van der Waals surface area contributed by atoms with E-state index in [-0.39, 0.29) is 16.5 Å². The van der Waals surface area contributed by atoms with Gasteiger partial charge >= 0.3 is 5.97 Å². The maximum atomic E-state index is 13.1. The second-order valence-corrected chi connectivity index (χ2v) is 6.74. The Hall–Kier alpha value is -3.57. The quantitative estimate of drug-likeness (QED) is 0.332. The Balaban J connectivity index is 1.95. The van der Waals surface area contributed by atoms with Crippen LogP contribution in [-0.2, 0) is 9.53 Å². The van der Waals surface area contributed by atoms with Crippen molar-refractivity contribution < 1.29 is 19.1 Å². The van der Waals surface area contributed by atoms with Gasteiger partial charge in [-0.3, -0.25) is 4.79 Å². The molecule has 3 aromatic carbocycles. The van der Waals surface area contributed by atoms with Crippen molar-refractivity contribution in [3.05, 3.63) is 94.5 Å². The molecule has 0 aliphatic heterocycles. The van der Waals surface area contributed by atoms with Crippen LogP contribution in [-0.4, -0.2) is 26.1 Å². The number of ether oxygens (including phenoxy) is 2. The van der Waals surface area contributed by atoms with E-state index in [1.54, 1.807) is 25.3 Å². The van der Waals surface area contributed by atoms with Gasteiger partial charge in [-0.25, -0.2) is 4.79 Å². The van der Waals surface area contributed by atoms with Crippen LogP contribution in [0, 0.1) is 0 Å². The lowest BCUT2D eigenvalue weighted by Crippen LogP contribution is -2.14. The van der Waals surface area contributed by atoms with Crippen molar-refractivity contribution in [3.63, 3.8) is 0 Å². The summed E-state index contributed by atoms with van der Waals surface area (Å²) in [6, 6.07) is 21.4. The van der Waals surface area contributed by atoms with Gasteiger partial charge in [-0.05, 0) is 47.5 Å². The molecule has 0 fully saturated rings. The molecule has 3 rings (SSSR count). The lowest BCUT2D eigenvalue weighted by atomic mass is 10.0. The summed E-state index contributed by atoms with van der Waals surface area (Å²) in [4.78, 5) is 25.0. The number of halogens is 1. The molecule has 0 aliphatic rings. The van der Waals surface area contributed by atoms with Crippen LogP contribution in [0.5, 0.6) is 5.75 Å². The lowest BCUT2D eigenvalue weighted by molar-refractivity contribution is -0.111. The maximum Gasteiger partial charge on any atom is 0.339 e. The second-order valence-electron chi connectivity index (χ2n) is 6.34. The third-order valence-corrected chi connectivity index (χ3v) is 4.72. The maximum absolute atomic E-state index is 13.1. The highest BCUT2D eigenvalue weighted by molar-refractivity contribution is 6.34. The smallest absolute Gasteiger partial charge is 0.339 e. The van der Waals surface area contributed by atoms with Crippen LogP contribution in [0.1, 0.15) is 21.5 Å². The summed E-state index contributed by atoms with van der Waals surface area (Å²) in [6.45, 7) is 0. The van der Waals surface area contributed by atoms with Crippen molar-refractivity contribution in [2.45, 2.75) is 0 Å². The first-order valence-electron chi connectivity index (χ1n) is 9.12. The highest BCUT2D eigenvalue weighted by atomic mass is 35.5. The summed E-state index contributed by atoms with van der Waals surface area (Å²) < 4.78 is 9.92. The molecular formula is C24H20ClNO4. The minimum absolute atomic E-state index is 0.178. The van der Waals surface area contributed by atoms with Gasteiger partial charge in [0.1, 0.15) is 5.75 Å². The number of hydrogen-bond acceptors (Lipinski definition) is 4. The molecule has 0 bridgehead atoms. The Labute approximate surface area is 179 Å². The van der Waals surface area contributed by atoms with Crippen molar-refractivity contribution in [3.8, 4) is 5.75 Å². The number of benzene rings is 3. The standard InChI is InChI=1S/C24H20ClNO4/c1-29-19-11-8-16(9-12-19)14-20(17-6-4-3-5-7-17)23(27)26-18-10-13-22(25)21(15-18)24(28)30-2/h3-15H,1-2H3,(H,26,27)/b20-14+. The van der Waals surface area contributed by atoms with Gasteiger partial charge in [-0.2, -0.15) is 0 Å². The van der Waals surface area contributed by atoms with Gasteiger partial charge in [0.2, 0.25) is 0 Å². The first-order chi connectivity index (χ1) is 14.5. The van der Waals surface area contributed by atoms with Crippen molar-refractivity contribution in [1.29, 1.82) is 0 Å². The zero-order valence-electron chi connectivity index (χ0n) is 16.5. The minimum Gasteiger partial charge on any atom is -0.497 e. The first kappa shape index (κ1) is 21.1. The number of esters is 1. The zero-order valence-corrected chi connectivity index (χ0v) is 17.3. The fraction of sp³-hybridized carbons (Fsp3) is 0.0833. The summed E-state index contributed by atoms with van der Waals surface area (Å²) in [5.74, 6) is -0.169. The van der Waals surface area contributed by atoms with E-state index < -0.39 is 5.97 Å². The predicted molar refractivity (Wildman–Crippen MR) is 119 cm³/mol. The largest absolute Gasteiger partial charge is 0.497 e. The molecule has 0 unspecified atom stereocenters. The molecule has 3 aromatic rings. The van der Waals surface area contributed by atoms with E-state index in [1.807, 2.05) is 54.6 Å². The number of rotatable bonds is 6. The summed E-state index contributed by atoms with van der Waals surface area (Å²) in [6.07, 6.45) is 1.79. The molecule has 0 radical (unpaired) electrons. The summed E-state index contributed by atoms with van der Waals surface area (Å²) in [7, 11) is 2.87. The number of nitrogens with one attached hydrogen (secondary N) is 1. The number of methoxy groups -OCH3 is 2. The van der Waals surface area contributed by atoms with Crippen molar-refractivity contribution >= 4 is 40.8 Å². The fourth-order valence-corrected chi connectivity index (χ4v) is 3.03. The van der Waals surface area contributed by atoms with Gasteiger partial charge in [0, 0.05) is 11.3 Å². The van der Waals surface area contributed by atoms with E-state index in [9.17, 15) is 9.59 Å². The van der Waals surface area contributed by atoms with E-state index in [2.05, 4.69) is 5.32 Å². The highest BCUT2D eigenvalue weighted by Crippen LogP contribution is 2.25. The van der Waals surface area contributed by atoms with Crippen LogP contribution < -0.4 is 10.1 Å². The van der Waals surface area contributed by atoms with Crippen LogP contribution >= 0.6 is 11.6 Å². The molecule has 152 valence electrons. The lowest BCUT2D eigenvalue weighted by Gasteiger charge is -2.11. The van der Waals surface area contributed by atoms with Gasteiger partial charge in [0.25, 0.3) is 5.91 Å². The van der Waals surface area contributed by atoms with Gasteiger partial charge in [-0.1, -0.05) is 54.1 Å². The Kier molecular flexibility index (Phi) is 6.88. The Bertz CT molecular complexity index is 1080. The number of amides is 1. The van der Waals surface area contributed by atoms with Crippen LogP contribution in [0.25, 0.3) is 11.6 Å². The monoisotopic (exact) mass is 421 g/mol. The number of carbonyl (C=O) groups excluding carboxylic acids is 2. The highest BCUT2D eigenvalue weighted by Gasteiger charge is 2.16.